The predicted octanol–water partition coefficient (Wildman–Crippen LogP) is 4.20. The van der Waals surface area contributed by atoms with E-state index in [-0.39, 0.29) is 12.5 Å². The molecule has 1 rings (SSSR count). The second-order valence-corrected chi connectivity index (χ2v) is 4.87. The van der Waals surface area contributed by atoms with Crippen molar-refractivity contribution in [3.8, 4) is 0 Å². The van der Waals surface area contributed by atoms with Crippen molar-refractivity contribution in [2.75, 3.05) is 6.54 Å². The third-order valence-corrected chi connectivity index (χ3v) is 3.17. The largest absolute Gasteiger partial charge is 0.389 e. The van der Waals surface area contributed by atoms with Crippen LogP contribution < -0.4 is 5.32 Å². The van der Waals surface area contributed by atoms with Gasteiger partial charge in [0.2, 0.25) is 0 Å². The number of hydrogen-bond donors (Lipinski definition) is 1. The van der Waals surface area contributed by atoms with Crippen LogP contribution in [0, 0.1) is 0 Å². The Hall–Kier alpha value is -0.510. The number of hydrogen-bond acceptors (Lipinski definition) is 1. The number of nitrogens with one attached hydrogen (secondary N) is 1. The van der Waals surface area contributed by atoms with Gasteiger partial charge in [0, 0.05) is 12.5 Å². The molecule has 0 amide bonds. The van der Waals surface area contributed by atoms with Crippen LogP contribution in [0.4, 0.5) is 13.2 Å². The van der Waals surface area contributed by atoms with Gasteiger partial charge in [-0.3, -0.25) is 0 Å². The van der Waals surface area contributed by atoms with Crippen molar-refractivity contribution in [2.24, 2.45) is 0 Å². The summed E-state index contributed by atoms with van der Waals surface area (Å²) in [4.78, 5) is 0. The van der Waals surface area contributed by atoms with Crippen LogP contribution >= 0.6 is 0 Å². The zero-order chi connectivity index (χ0) is 12.7. The summed E-state index contributed by atoms with van der Waals surface area (Å²) in [7, 11) is 0. The fourth-order valence-electron chi connectivity index (χ4n) is 2.15. The van der Waals surface area contributed by atoms with Crippen molar-refractivity contribution >= 4 is 0 Å². The average molecular weight is 249 g/mol. The molecule has 17 heavy (non-hydrogen) atoms. The third kappa shape index (κ3) is 7.42. The molecule has 4 heteroatoms. The van der Waals surface area contributed by atoms with E-state index in [1.54, 1.807) is 0 Å². The van der Waals surface area contributed by atoms with Gasteiger partial charge in [-0.05, 0) is 52.0 Å². The fraction of sp³-hybridized carbons (Fsp3) is 0.846. The van der Waals surface area contributed by atoms with Crippen LogP contribution in [-0.2, 0) is 0 Å². The zero-order valence-electron chi connectivity index (χ0n) is 10.4. The quantitative estimate of drug-likeness (QED) is 0.667. The topological polar surface area (TPSA) is 12.0 Å². The molecule has 0 aromatic heterocycles. The Morgan fingerprint density at radius 2 is 2.18 bits per heavy atom. The highest BCUT2D eigenvalue weighted by atomic mass is 19.4. The van der Waals surface area contributed by atoms with Gasteiger partial charge in [0.1, 0.15) is 0 Å². The summed E-state index contributed by atoms with van der Waals surface area (Å²) in [6, 6.07) is 0.180. The molecule has 0 aromatic rings. The van der Waals surface area contributed by atoms with Gasteiger partial charge in [0.25, 0.3) is 0 Å². The molecule has 0 spiro atoms. The molecule has 0 aliphatic heterocycles. The van der Waals surface area contributed by atoms with Crippen molar-refractivity contribution in [1.29, 1.82) is 0 Å². The van der Waals surface area contributed by atoms with E-state index in [1.807, 2.05) is 6.92 Å². The summed E-state index contributed by atoms with van der Waals surface area (Å²) < 4.78 is 35.8. The first-order chi connectivity index (χ1) is 7.97. The van der Waals surface area contributed by atoms with Crippen molar-refractivity contribution in [2.45, 2.75) is 64.1 Å². The van der Waals surface area contributed by atoms with E-state index in [4.69, 9.17) is 0 Å². The smallest absolute Gasteiger partial charge is 0.314 e. The van der Waals surface area contributed by atoms with Crippen LogP contribution in [0.5, 0.6) is 0 Å². The van der Waals surface area contributed by atoms with Crippen molar-refractivity contribution in [3.63, 3.8) is 0 Å². The van der Waals surface area contributed by atoms with Gasteiger partial charge in [0.05, 0.1) is 0 Å². The predicted molar refractivity (Wildman–Crippen MR) is 63.9 cm³/mol. The Morgan fingerprint density at radius 3 is 2.76 bits per heavy atom. The van der Waals surface area contributed by atoms with E-state index in [0.29, 0.717) is 6.42 Å². The lowest BCUT2D eigenvalue weighted by molar-refractivity contribution is -0.135. The van der Waals surface area contributed by atoms with Gasteiger partial charge in [-0.15, -0.1) is 0 Å². The van der Waals surface area contributed by atoms with Crippen LogP contribution in [0.1, 0.15) is 51.9 Å². The second-order valence-electron chi connectivity index (χ2n) is 4.87. The van der Waals surface area contributed by atoms with E-state index in [2.05, 4.69) is 11.4 Å². The Morgan fingerprint density at radius 1 is 1.41 bits per heavy atom. The molecule has 100 valence electrons. The molecular weight excluding hydrogens is 227 g/mol. The Labute approximate surface area is 101 Å². The highest BCUT2D eigenvalue weighted by Crippen LogP contribution is 2.23. The molecule has 1 atom stereocenters. The van der Waals surface area contributed by atoms with E-state index in [1.165, 1.54) is 24.8 Å². The Kier molecular flexibility index (Phi) is 6.03. The van der Waals surface area contributed by atoms with Crippen LogP contribution in [0.15, 0.2) is 11.6 Å². The SMILES string of the molecule is CC(CCCC(F)(F)F)NCCC1=CCCC1. The van der Waals surface area contributed by atoms with Gasteiger partial charge in [-0.25, -0.2) is 0 Å². The lowest BCUT2D eigenvalue weighted by Crippen LogP contribution is -2.27. The molecule has 0 aromatic carbocycles. The number of rotatable bonds is 7. The maximum absolute atomic E-state index is 11.9. The molecule has 1 N–H and O–H groups in total. The molecule has 1 aliphatic carbocycles. The molecule has 0 saturated heterocycles. The van der Waals surface area contributed by atoms with E-state index in [0.717, 1.165) is 13.0 Å². The standard InChI is InChI=1S/C13H22F3N/c1-11(5-4-9-13(14,15)16)17-10-8-12-6-2-3-7-12/h6,11,17H,2-5,7-10H2,1H3. The summed E-state index contributed by atoms with van der Waals surface area (Å²) in [5, 5.41) is 3.29. The van der Waals surface area contributed by atoms with Crippen molar-refractivity contribution < 1.29 is 13.2 Å². The first-order valence-electron chi connectivity index (χ1n) is 6.45. The molecule has 0 bridgehead atoms. The zero-order valence-corrected chi connectivity index (χ0v) is 10.4. The van der Waals surface area contributed by atoms with Crippen LogP contribution in [0.2, 0.25) is 0 Å². The van der Waals surface area contributed by atoms with Crippen LogP contribution in [0.25, 0.3) is 0 Å². The van der Waals surface area contributed by atoms with Gasteiger partial charge in [0.15, 0.2) is 0 Å². The highest BCUT2D eigenvalue weighted by molar-refractivity contribution is 5.07. The lowest BCUT2D eigenvalue weighted by atomic mass is 10.1. The Balaban J connectivity index is 1.99. The summed E-state index contributed by atoms with van der Waals surface area (Å²) in [5.74, 6) is 0. The summed E-state index contributed by atoms with van der Waals surface area (Å²) in [5.41, 5.74) is 1.50. The molecule has 0 radical (unpaired) electrons. The molecule has 1 nitrogen and oxygen atoms in total. The number of halogens is 3. The third-order valence-electron chi connectivity index (χ3n) is 3.17. The number of allylic oxidation sites excluding steroid dienone is 1. The van der Waals surface area contributed by atoms with E-state index in [9.17, 15) is 13.2 Å². The summed E-state index contributed by atoms with van der Waals surface area (Å²) in [6.07, 6.45) is 3.13. The maximum Gasteiger partial charge on any atom is 0.389 e. The first kappa shape index (κ1) is 14.6. The molecule has 0 heterocycles. The average Bonchev–Trinajstić information content (AvgIpc) is 2.68. The number of alkyl halides is 3. The lowest BCUT2D eigenvalue weighted by Gasteiger charge is -2.14. The molecule has 1 aliphatic rings. The first-order valence-corrected chi connectivity index (χ1v) is 6.45. The van der Waals surface area contributed by atoms with Crippen molar-refractivity contribution in [1.82, 2.24) is 5.32 Å². The molecule has 1 unspecified atom stereocenters. The normalized spacial score (nSPS) is 18.2. The van der Waals surface area contributed by atoms with Gasteiger partial charge < -0.3 is 5.32 Å². The minimum atomic E-state index is -4.01. The fourth-order valence-corrected chi connectivity index (χ4v) is 2.15. The van der Waals surface area contributed by atoms with E-state index < -0.39 is 12.6 Å². The monoisotopic (exact) mass is 249 g/mol. The Bertz CT molecular complexity index is 246. The van der Waals surface area contributed by atoms with Gasteiger partial charge in [-0.1, -0.05) is 11.6 Å². The van der Waals surface area contributed by atoms with Gasteiger partial charge >= 0.3 is 6.18 Å². The second kappa shape index (κ2) is 7.04. The summed E-state index contributed by atoms with van der Waals surface area (Å²) >= 11 is 0. The van der Waals surface area contributed by atoms with Crippen LogP contribution in [0.3, 0.4) is 0 Å². The minimum absolute atomic E-state index is 0.180. The molecule has 0 fully saturated rings. The minimum Gasteiger partial charge on any atom is -0.314 e. The maximum atomic E-state index is 11.9. The molecular formula is C13H22F3N. The van der Waals surface area contributed by atoms with Crippen LogP contribution in [-0.4, -0.2) is 18.8 Å². The van der Waals surface area contributed by atoms with Crippen molar-refractivity contribution in [3.05, 3.63) is 11.6 Å². The van der Waals surface area contributed by atoms with Gasteiger partial charge in [-0.2, -0.15) is 13.2 Å². The summed E-state index contributed by atoms with van der Waals surface area (Å²) in [6.45, 7) is 2.85. The highest BCUT2D eigenvalue weighted by Gasteiger charge is 2.26. The van der Waals surface area contributed by atoms with E-state index >= 15 is 0 Å². The molecule has 0 saturated carbocycles.